The lowest BCUT2D eigenvalue weighted by atomic mass is 9.80. The molecule has 4 aliphatic rings. The van der Waals surface area contributed by atoms with Crippen LogP contribution in [0.15, 0.2) is 18.2 Å². The quantitative estimate of drug-likeness (QED) is 0.749. The predicted molar refractivity (Wildman–Crippen MR) is 112 cm³/mol. The first-order valence-electron chi connectivity index (χ1n) is 11.1. The van der Waals surface area contributed by atoms with Crippen LogP contribution in [-0.2, 0) is 25.6 Å². The van der Waals surface area contributed by atoms with Crippen LogP contribution in [0, 0.1) is 0 Å². The molecule has 3 aliphatic heterocycles. The number of piperidine rings is 1. The van der Waals surface area contributed by atoms with Crippen molar-refractivity contribution in [1.29, 1.82) is 0 Å². The largest absolute Gasteiger partial charge is 0.348 e. The van der Waals surface area contributed by atoms with Gasteiger partial charge in [0.2, 0.25) is 11.8 Å². The summed E-state index contributed by atoms with van der Waals surface area (Å²) >= 11 is 0. The Labute approximate surface area is 178 Å². The van der Waals surface area contributed by atoms with Crippen molar-refractivity contribution in [3.8, 4) is 0 Å². The van der Waals surface area contributed by atoms with E-state index >= 15 is 0 Å². The lowest BCUT2D eigenvalue weighted by molar-refractivity contribution is -0.178. The highest BCUT2D eigenvalue weighted by Crippen LogP contribution is 2.43. The molecule has 3 heterocycles. The van der Waals surface area contributed by atoms with Crippen LogP contribution in [0.4, 0.5) is 0 Å². The fraction of sp³-hybridized carbons (Fsp3) is 0.609. The third-order valence-electron chi connectivity index (χ3n) is 6.58. The number of benzene rings is 1. The van der Waals surface area contributed by atoms with Gasteiger partial charge >= 0.3 is 0 Å². The number of hydrogen-bond donors (Lipinski definition) is 1. The number of carbonyl (C=O) groups is 3. The highest BCUT2D eigenvalue weighted by Gasteiger charge is 2.42. The van der Waals surface area contributed by atoms with E-state index in [4.69, 9.17) is 9.47 Å². The van der Waals surface area contributed by atoms with E-state index in [2.05, 4.69) is 11.4 Å². The lowest BCUT2D eigenvalue weighted by Gasteiger charge is -2.35. The molecule has 7 nitrogen and oxygen atoms in total. The van der Waals surface area contributed by atoms with E-state index in [1.807, 2.05) is 26.0 Å². The number of ether oxygens (including phenoxy) is 2. The summed E-state index contributed by atoms with van der Waals surface area (Å²) in [5, 5.41) is 2.35. The summed E-state index contributed by atoms with van der Waals surface area (Å²) < 4.78 is 11.6. The normalized spacial score (nSPS) is 25.7. The Bertz CT molecular complexity index is 842. The number of nitrogens with one attached hydrogen (secondary N) is 1. The summed E-state index contributed by atoms with van der Waals surface area (Å²) in [7, 11) is 0. The van der Waals surface area contributed by atoms with Crippen LogP contribution in [0.3, 0.4) is 0 Å². The fourth-order valence-corrected chi connectivity index (χ4v) is 5.02. The predicted octanol–water partition coefficient (Wildman–Crippen LogP) is 3.12. The summed E-state index contributed by atoms with van der Waals surface area (Å²) in [5.74, 6) is -0.689. The maximum atomic E-state index is 12.8. The van der Waals surface area contributed by atoms with E-state index in [-0.39, 0.29) is 31.4 Å². The molecule has 0 unspecified atom stereocenters. The van der Waals surface area contributed by atoms with Gasteiger partial charge in [0.1, 0.15) is 6.04 Å². The molecule has 30 heavy (non-hydrogen) atoms. The molecule has 1 aliphatic carbocycles. The van der Waals surface area contributed by atoms with E-state index in [1.54, 1.807) is 4.90 Å². The van der Waals surface area contributed by atoms with Gasteiger partial charge in [-0.1, -0.05) is 26.0 Å². The average molecular weight is 417 g/mol. The van der Waals surface area contributed by atoms with Gasteiger partial charge in [0.15, 0.2) is 5.79 Å². The van der Waals surface area contributed by atoms with Crippen molar-refractivity contribution >= 4 is 17.7 Å². The molecule has 1 spiro atoms. The average Bonchev–Trinajstić information content (AvgIpc) is 3.34. The zero-order valence-corrected chi connectivity index (χ0v) is 17.7. The molecule has 1 saturated carbocycles. The van der Waals surface area contributed by atoms with Gasteiger partial charge in [-0.3, -0.25) is 19.7 Å². The highest BCUT2D eigenvalue weighted by atomic mass is 16.7. The number of nitrogens with zero attached hydrogens (tertiary/aromatic N) is 1. The summed E-state index contributed by atoms with van der Waals surface area (Å²) in [6.07, 6.45) is 4.47. The molecule has 1 aromatic rings. The van der Waals surface area contributed by atoms with Gasteiger partial charge in [0, 0.05) is 32.8 Å². The van der Waals surface area contributed by atoms with Gasteiger partial charge in [0.25, 0.3) is 5.91 Å². The Morgan fingerprint density at radius 2 is 1.77 bits per heavy atom. The molecule has 0 aromatic heterocycles. The molecule has 3 fully saturated rings. The number of imide groups is 1. The summed E-state index contributed by atoms with van der Waals surface area (Å²) in [4.78, 5) is 38.0. The molecule has 1 atom stereocenters. The topological polar surface area (TPSA) is 84.9 Å². The standard InChI is InChI=1S/C21H24N2O5.C2H6.H2/c24-18-4-3-17(19(25)22-18)23-12-15-11-14(1-2-16(15)20(23)26)13-5-7-21(8-6-13)27-9-10-28-21;1-2;/h1-2,11,13,17H,3-10,12H2,(H,22,24,25);1-2H3;1H/t17-;;/m0../s1. The van der Waals surface area contributed by atoms with Crippen molar-refractivity contribution in [3.05, 3.63) is 34.9 Å². The van der Waals surface area contributed by atoms with Crippen LogP contribution >= 0.6 is 0 Å². The summed E-state index contributed by atoms with van der Waals surface area (Å²) in [6, 6.07) is 5.50. The van der Waals surface area contributed by atoms with Crippen molar-refractivity contribution < 1.29 is 25.3 Å². The second-order valence-corrected chi connectivity index (χ2v) is 8.20. The monoisotopic (exact) mass is 416 g/mol. The molecule has 7 heteroatoms. The molecule has 5 rings (SSSR count). The van der Waals surface area contributed by atoms with Crippen LogP contribution in [-0.4, -0.2) is 47.7 Å². The zero-order valence-electron chi connectivity index (χ0n) is 17.7. The Hall–Kier alpha value is -2.25. The highest BCUT2D eigenvalue weighted by molar-refractivity contribution is 6.05. The second kappa shape index (κ2) is 8.47. The van der Waals surface area contributed by atoms with E-state index in [1.165, 1.54) is 5.56 Å². The van der Waals surface area contributed by atoms with Crippen LogP contribution < -0.4 is 5.32 Å². The summed E-state index contributed by atoms with van der Waals surface area (Å²) in [5.41, 5.74) is 2.88. The van der Waals surface area contributed by atoms with E-state index in [9.17, 15) is 14.4 Å². The number of hydrogen-bond acceptors (Lipinski definition) is 5. The molecule has 164 valence electrons. The minimum atomic E-state index is -0.563. The maximum Gasteiger partial charge on any atom is 0.255 e. The van der Waals surface area contributed by atoms with Gasteiger partial charge in [-0.15, -0.1) is 0 Å². The first kappa shape index (κ1) is 21.0. The van der Waals surface area contributed by atoms with Crippen molar-refractivity contribution in [1.82, 2.24) is 10.2 Å². The molecule has 1 aromatic carbocycles. The number of carbonyl (C=O) groups excluding carboxylic acids is 3. The SMILES string of the molecule is CC.O=C1CC[C@H](N2Cc3cc(C4CCC5(CC4)OCCO5)ccc3C2=O)C(=O)N1.[HH]. The fourth-order valence-electron chi connectivity index (χ4n) is 5.02. The van der Waals surface area contributed by atoms with E-state index in [0.717, 1.165) is 31.2 Å². The molecule has 3 amide bonds. The van der Waals surface area contributed by atoms with Gasteiger partial charge in [-0.2, -0.15) is 0 Å². The first-order chi connectivity index (χ1) is 14.5. The third kappa shape index (κ3) is 3.76. The smallest absolute Gasteiger partial charge is 0.255 e. The maximum absolute atomic E-state index is 12.8. The van der Waals surface area contributed by atoms with E-state index < -0.39 is 6.04 Å². The molecule has 1 N–H and O–H groups in total. The van der Waals surface area contributed by atoms with Gasteiger partial charge < -0.3 is 14.4 Å². The zero-order chi connectivity index (χ0) is 21.3. The minimum absolute atomic E-state index is 0. The number of amides is 3. The lowest BCUT2D eigenvalue weighted by Crippen LogP contribution is -2.52. The van der Waals surface area contributed by atoms with Crippen LogP contribution in [0.1, 0.15) is 81.2 Å². The van der Waals surface area contributed by atoms with Crippen LogP contribution in [0.5, 0.6) is 0 Å². The Morgan fingerprint density at radius 3 is 2.43 bits per heavy atom. The third-order valence-corrected chi connectivity index (χ3v) is 6.58. The van der Waals surface area contributed by atoms with Crippen molar-refractivity contribution in [2.45, 2.75) is 76.7 Å². The molecular formula is C23H32N2O5. The number of fused-ring (bicyclic) bond motifs is 1. The van der Waals surface area contributed by atoms with Crippen molar-refractivity contribution in [3.63, 3.8) is 0 Å². The van der Waals surface area contributed by atoms with E-state index in [0.29, 0.717) is 37.7 Å². The molecule has 0 bridgehead atoms. The minimum Gasteiger partial charge on any atom is -0.348 e. The van der Waals surface area contributed by atoms with Gasteiger partial charge in [0.05, 0.1) is 13.2 Å². The van der Waals surface area contributed by atoms with Crippen molar-refractivity contribution in [2.24, 2.45) is 0 Å². The summed E-state index contributed by atoms with van der Waals surface area (Å²) in [6.45, 7) is 5.79. The Kier molecular flexibility index (Phi) is 5.93. The Morgan fingerprint density at radius 1 is 1.07 bits per heavy atom. The van der Waals surface area contributed by atoms with Crippen molar-refractivity contribution in [2.75, 3.05) is 13.2 Å². The van der Waals surface area contributed by atoms with Crippen LogP contribution in [0.2, 0.25) is 0 Å². The van der Waals surface area contributed by atoms with Gasteiger partial charge in [-0.05, 0) is 42.4 Å². The Balaban J connectivity index is 0.000000883. The first-order valence-corrected chi connectivity index (χ1v) is 11.1. The van der Waals surface area contributed by atoms with Gasteiger partial charge in [-0.25, -0.2) is 0 Å². The molecular weight excluding hydrogens is 384 g/mol. The van der Waals surface area contributed by atoms with Crippen LogP contribution in [0.25, 0.3) is 0 Å². The second-order valence-electron chi connectivity index (χ2n) is 8.20. The molecule has 0 radical (unpaired) electrons. The number of rotatable bonds is 2. The molecule has 2 saturated heterocycles.